The summed E-state index contributed by atoms with van der Waals surface area (Å²) >= 11 is 0. The normalized spacial score (nSPS) is 11.4. The number of nitrogens with zero attached hydrogens (tertiary/aromatic N) is 1. The molecule has 0 radical (unpaired) electrons. The summed E-state index contributed by atoms with van der Waals surface area (Å²) in [7, 11) is -3.63. The average molecular weight is 253 g/mol. The van der Waals surface area contributed by atoms with Crippen molar-refractivity contribution < 1.29 is 12.9 Å². The van der Waals surface area contributed by atoms with Crippen LogP contribution in [-0.2, 0) is 10.0 Å². The predicted octanol–water partition coefficient (Wildman–Crippen LogP) is 1.37. The average Bonchev–Trinajstić information content (AvgIpc) is 2.73. The van der Waals surface area contributed by atoms with E-state index in [0.29, 0.717) is 11.3 Å². The fourth-order valence-electron chi connectivity index (χ4n) is 1.28. The molecule has 2 rings (SSSR count). The second-order valence-corrected chi connectivity index (χ2v) is 5.22. The molecule has 0 aliphatic heterocycles. The highest BCUT2D eigenvalue weighted by Gasteiger charge is 2.15. The van der Waals surface area contributed by atoms with Gasteiger partial charge in [-0.05, 0) is 30.7 Å². The van der Waals surface area contributed by atoms with E-state index in [1.807, 2.05) is 0 Å². The van der Waals surface area contributed by atoms with Gasteiger partial charge in [0.15, 0.2) is 0 Å². The molecule has 0 bridgehead atoms. The fraction of sp³-hybridized carbons (Fsp3) is 0.100. The first-order chi connectivity index (χ1) is 7.99. The highest BCUT2D eigenvalue weighted by molar-refractivity contribution is 7.92. The third kappa shape index (κ3) is 2.39. The van der Waals surface area contributed by atoms with Crippen LogP contribution in [0.1, 0.15) is 5.56 Å². The number of nitrogens with two attached hydrogens (primary N) is 1. The summed E-state index contributed by atoms with van der Waals surface area (Å²) in [5.74, 6) is 0. The zero-order chi connectivity index (χ0) is 12.5. The van der Waals surface area contributed by atoms with Gasteiger partial charge in [-0.25, -0.2) is 8.42 Å². The molecule has 0 aliphatic rings. The minimum atomic E-state index is -3.63. The predicted molar refractivity (Wildman–Crippen MR) is 62.9 cm³/mol. The Morgan fingerprint density at radius 3 is 2.76 bits per heavy atom. The number of aryl methyl sites for hydroxylation is 1. The molecule has 0 aliphatic carbocycles. The van der Waals surface area contributed by atoms with Gasteiger partial charge in [0.25, 0.3) is 10.0 Å². The quantitative estimate of drug-likeness (QED) is 0.805. The van der Waals surface area contributed by atoms with Gasteiger partial charge in [0.1, 0.15) is 12.0 Å². The smallest absolute Gasteiger partial charge is 0.262 e. The SMILES string of the molecule is Cc1cc(S(=O)(=O)Nc2cnoc2)ccc1N. The summed E-state index contributed by atoms with van der Waals surface area (Å²) < 4.78 is 30.8. The first-order valence-electron chi connectivity index (χ1n) is 4.77. The molecule has 2 aromatic rings. The second-order valence-electron chi connectivity index (χ2n) is 3.54. The molecule has 1 aromatic carbocycles. The van der Waals surface area contributed by atoms with Gasteiger partial charge in [0.2, 0.25) is 0 Å². The van der Waals surface area contributed by atoms with E-state index in [0.717, 1.165) is 0 Å². The Bertz CT molecular complexity index is 620. The van der Waals surface area contributed by atoms with Crippen LogP contribution in [0.3, 0.4) is 0 Å². The largest absolute Gasteiger partial charge is 0.399 e. The summed E-state index contributed by atoms with van der Waals surface area (Å²) in [5.41, 5.74) is 7.16. The highest BCUT2D eigenvalue weighted by Crippen LogP contribution is 2.19. The number of anilines is 2. The molecule has 7 heteroatoms. The van der Waals surface area contributed by atoms with Gasteiger partial charge in [-0.2, -0.15) is 0 Å². The lowest BCUT2D eigenvalue weighted by Crippen LogP contribution is -2.12. The van der Waals surface area contributed by atoms with Crippen molar-refractivity contribution in [2.45, 2.75) is 11.8 Å². The van der Waals surface area contributed by atoms with Crippen LogP contribution >= 0.6 is 0 Å². The Morgan fingerprint density at radius 1 is 1.41 bits per heavy atom. The summed E-state index contributed by atoms with van der Waals surface area (Å²) in [6.07, 6.45) is 2.49. The highest BCUT2D eigenvalue weighted by atomic mass is 32.2. The molecule has 0 amide bonds. The van der Waals surface area contributed by atoms with Crippen molar-refractivity contribution in [2.75, 3.05) is 10.5 Å². The first kappa shape index (κ1) is 11.5. The van der Waals surface area contributed by atoms with Crippen LogP contribution < -0.4 is 10.5 Å². The maximum atomic E-state index is 11.9. The van der Waals surface area contributed by atoms with E-state index in [1.165, 1.54) is 24.6 Å². The molecule has 0 atom stereocenters. The van der Waals surface area contributed by atoms with Crippen LogP contribution in [0, 0.1) is 6.92 Å². The Balaban J connectivity index is 2.35. The third-order valence-electron chi connectivity index (χ3n) is 2.24. The van der Waals surface area contributed by atoms with E-state index in [1.54, 1.807) is 13.0 Å². The zero-order valence-electron chi connectivity index (χ0n) is 9.04. The van der Waals surface area contributed by atoms with Crippen molar-refractivity contribution in [1.82, 2.24) is 5.16 Å². The van der Waals surface area contributed by atoms with Crippen LogP contribution in [-0.4, -0.2) is 13.6 Å². The van der Waals surface area contributed by atoms with Crippen molar-refractivity contribution >= 4 is 21.4 Å². The van der Waals surface area contributed by atoms with Crippen LogP contribution in [0.25, 0.3) is 0 Å². The lowest BCUT2D eigenvalue weighted by Gasteiger charge is -2.07. The van der Waals surface area contributed by atoms with Crippen molar-refractivity contribution in [3.8, 4) is 0 Å². The second kappa shape index (κ2) is 4.10. The maximum absolute atomic E-state index is 11.9. The Labute approximate surface area is 98.5 Å². The molecule has 3 N–H and O–H groups in total. The third-order valence-corrected chi connectivity index (χ3v) is 3.62. The summed E-state index contributed by atoms with van der Waals surface area (Å²) in [4.78, 5) is 0.144. The molecule has 6 nitrogen and oxygen atoms in total. The van der Waals surface area contributed by atoms with Gasteiger partial charge in [-0.3, -0.25) is 4.72 Å². The van der Waals surface area contributed by atoms with E-state index in [4.69, 9.17) is 5.73 Å². The van der Waals surface area contributed by atoms with Crippen LogP contribution in [0.2, 0.25) is 0 Å². The van der Waals surface area contributed by atoms with Gasteiger partial charge < -0.3 is 10.3 Å². The fourth-order valence-corrected chi connectivity index (χ4v) is 2.39. The molecule has 0 saturated carbocycles. The Kier molecular flexibility index (Phi) is 2.76. The molecule has 1 aromatic heterocycles. The minimum absolute atomic E-state index is 0.144. The number of sulfonamides is 1. The van der Waals surface area contributed by atoms with Crippen molar-refractivity contribution in [1.29, 1.82) is 0 Å². The number of aromatic nitrogens is 1. The molecule has 1 heterocycles. The number of nitrogen functional groups attached to an aromatic ring is 1. The van der Waals surface area contributed by atoms with Gasteiger partial charge >= 0.3 is 0 Å². The first-order valence-corrected chi connectivity index (χ1v) is 6.26. The number of rotatable bonds is 3. The topological polar surface area (TPSA) is 98.2 Å². The van der Waals surface area contributed by atoms with E-state index in [9.17, 15) is 8.42 Å². The number of hydrogen-bond donors (Lipinski definition) is 2. The van der Waals surface area contributed by atoms with Gasteiger partial charge in [-0.1, -0.05) is 5.16 Å². The molecular formula is C10H11N3O3S. The summed E-state index contributed by atoms with van der Waals surface area (Å²) in [6.45, 7) is 1.74. The van der Waals surface area contributed by atoms with E-state index < -0.39 is 10.0 Å². The summed E-state index contributed by atoms with van der Waals surface area (Å²) in [6, 6.07) is 4.50. The molecule has 0 unspecified atom stereocenters. The molecule has 0 saturated heterocycles. The van der Waals surface area contributed by atoms with E-state index >= 15 is 0 Å². The number of benzene rings is 1. The Morgan fingerprint density at radius 2 is 2.18 bits per heavy atom. The standard InChI is InChI=1S/C10H11N3O3S/c1-7-4-9(2-3-10(7)11)17(14,15)13-8-5-12-16-6-8/h2-6,13H,11H2,1H3. The molecule has 0 spiro atoms. The Hall–Kier alpha value is -2.02. The van der Waals surface area contributed by atoms with E-state index in [2.05, 4.69) is 14.4 Å². The van der Waals surface area contributed by atoms with Gasteiger partial charge in [-0.15, -0.1) is 0 Å². The number of hydrogen-bond acceptors (Lipinski definition) is 5. The van der Waals surface area contributed by atoms with Crippen LogP contribution in [0.15, 0.2) is 40.1 Å². The van der Waals surface area contributed by atoms with Crippen molar-refractivity contribution in [3.05, 3.63) is 36.2 Å². The zero-order valence-corrected chi connectivity index (χ0v) is 9.86. The summed E-state index contributed by atoms with van der Waals surface area (Å²) in [5, 5.41) is 3.41. The molecule has 17 heavy (non-hydrogen) atoms. The van der Waals surface area contributed by atoms with Crippen molar-refractivity contribution in [3.63, 3.8) is 0 Å². The lowest BCUT2D eigenvalue weighted by molar-refractivity contribution is 0.420. The van der Waals surface area contributed by atoms with Crippen molar-refractivity contribution in [2.24, 2.45) is 0 Å². The van der Waals surface area contributed by atoms with Gasteiger partial charge in [0.05, 0.1) is 11.1 Å². The van der Waals surface area contributed by atoms with Gasteiger partial charge in [0, 0.05) is 5.69 Å². The number of nitrogens with one attached hydrogen (secondary N) is 1. The van der Waals surface area contributed by atoms with E-state index in [-0.39, 0.29) is 10.6 Å². The monoisotopic (exact) mass is 253 g/mol. The molecular weight excluding hydrogens is 242 g/mol. The lowest BCUT2D eigenvalue weighted by atomic mass is 10.2. The minimum Gasteiger partial charge on any atom is -0.399 e. The molecule has 90 valence electrons. The maximum Gasteiger partial charge on any atom is 0.262 e. The van der Waals surface area contributed by atoms with Crippen LogP contribution in [0.4, 0.5) is 11.4 Å². The van der Waals surface area contributed by atoms with Crippen LogP contribution in [0.5, 0.6) is 0 Å². The molecule has 0 fully saturated rings.